The van der Waals surface area contributed by atoms with Crippen molar-refractivity contribution in [3.63, 3.8) is 0 Å². The average Bonchev–Trinajstić information content (AvgIpc) is 2.25. The minimum Gasteiger partial charge on any atom is -0.344 e. The molecule has 0 aliphatic carbocycles. The van der Waals surface area contributed by atoms with E-state index in [0.29, 0.717) is 11.8 Å². The number of anilines is 1. The molecule has 0 amide bonds. The third kappa shape index (κ3) is 3.63. The highest BCUT2D eigenvalue weighted by atomic mass is 35.5. The van der Waals surface area contributed by atoms with Crippen molar-refractivity contribution in [3.05, 3.63) is 17.5 Å². The summed E-state index contributed by atoms with van der Waals surface area (Å²) in [5.74, 6) is 1.96. The molecule has 0 fully saturated rings. The number of hydrogen-bond donors (Lipinski definition) is 0. The van der Waals surface area contributed by atoms with Gasteiger partial charge in [0, 0.05) is 31.0 Å². The number of aryl methyl sites for hydroxylation is 1. The van der Waals surface area contributed by atoms with Gasteiger partial charge in [-0.05, 0) is 19.3 Å². The zero-order valence-electron chi connectivity index (χ0n) is 10.5. The van der Waals surface area contributed by atoms with Crippen molar-refractivity contribution in [1.82, 2.24) is 9.97 Å². The van der Waals surface area contributed by atoms with Crippen molar-refractivity contribution in [3.8, 4) is 0 Å². The molecule has 4 heteroatoms. The van der Waals surface area contributed by atoms with Gasteiger partial charge in [-0.15, -0.1) is 11.6 Å². The maximum atomic E-state index is 5.77. The van der Waals surface area contributed by atoms with E-state index in [2.05, 4.69) is 28.7 Å². The van der Waals surface area contributed by atoms with E-state index in [0.717, 1.165) is 30.2 Å². The molecule has 1 aromatic rings. The molecule has 0 radical (unpaired) electrons. The van der Waals surface area contributed by atoms with Gasteiger partial charge in [-0.25, -0.2) is 9.97 Å². The summed E-state index contributed by atoms with van der Waals surface area (Å²) in [6, 6.07) is 0. The molecular weight excluding hydrogens is 222 g/mol. The third-order valence-corrected chi connectivity index (χ3v) is 2.88. The number of aromatic nitrogens is 2. The Labute approximate surface area is 103 Å². The van der Waals surface area contributed by atoms with Crippen molar-refractivity contribution in [1.29, 1.82) is 0 Å². The van der Waals surface area contributed by atoms with E-state index in [1.165, 1.54) is 0 Å². The monoisotopic (exact) mass is 241 g/mol. The Morgan fingerprint density at radius 1 is 1.44 bits per heavy atom. The van der Waals surface area contributed by atoms with Crippen LogP contribution in [0.2, 0.25) is 0 Å². The average molecular weight is 242 g/mol. The van der Waals surface area contributed by atoms with Crippen LogP contribution in [0, 0.1) is 12.8 Å². The summed E-state index contributed by atoms with van der Waals surface area (Å²) in [6.45, 7) is 7.39. The first-order valence-corrected chi connectivity index (χ1v) is 6.17. The lowest BCUT2D eigenvalue weighted by Gasteiger charge is -2.18. The Balaban J connectivity index is 2.69. The lowest BCUT2D eigenvalue weighted by molar-refractivity contribution is 0.581. The van der Waals surface area contributed by atoms with Crippen LogP contribution in [0.1, 0.15) is 31.5 Å². The number of alkyl halides is 1. The summed E-state index contributed by atoms with van der Waals surface area (Å²) < 4.78 is 0. The maximum absolute atomic E-state index is 5.77. The van der Waals surface area contributed by atoms with E-state index in [4.69, 9.17) is 11.6 Å². The fourth-order valence-corrected chi connectivity index (χ4v) is 1.61. The van der Waals surface area contributed by atoms with Crippen LogP contribution >= 0.6 is 11.6 Å². The predicted molar refractivity (Wildman–Crippen MR) is 69.1 cm³/mol. The Bertz CT molecular complexity index is 339. The summed E-state index contributed by atoms with van der Waals surface area (Å²) >= 11 is 5.77. The molecule has 3 nitrogen and oxygen atoms in total. The van der Waals surface area contributed by atoms with E-state index < -0.39 is 0 Å². The van der Waals surface area contributed by atoms with Gasteiger partial charge in [0.2, 0.25) is 5.95 Å². The first-order valence-electron chi connectivity index (χ1n) is 5.64. The topological polar surface area (TPSA) is 29.0 Å². The molecule has 0 spiro atoms. The molecular formula is C12H20ClN3. The van der Waals surface area contributed by atoms with Crippen LogP contribution in [0.15, 0.2) is 6.20 Å². The molecule has 0 aliphatic heterocycles. The molecule has 0 atom stereocenters. The van der Waals surface area contributed by atoms with E-state index in [-0.39, 0.29) is 0 Å². The number of halogens is 1. The SMILES string of the molecule is Cc1nc(N(C)CCC(C)C)ncc1CCl. The molecule has 1 heterocycles. The van der Waals surface area contributed by atoms with Gasteiger partial charge in [0.1, 0.15) is 0 Å². The highest BCUT2D eigenvalue weighted by molar-refractivity contribution is 6.17. The molecule has 0 bridgehead atoms. The minimum absolute atomic E-state index is 0.474. The second-order valence-electron chi connectivity index (χ2n) is 4.52. The van der Waals surface area contributed by atoms with Crippen molar-refractivity contribution >= 4 is 17.5 Å². The molecule has 0 saturated heterocycles. The number of rotatable bonds is 5. The maximum Gasteiger partial charge on any atom is 0.225 e. The Hall–Kier alpha value is -0.830. The summed E-state index contributed by atoms with van der Waals surface area (Å²) in [5, 5.41) is 0. The van der Waals surface area contributed by atoms with Crippen LogP contribution in [0.25, 0.3) is 0 Å². The van der Waals surface area contributed by atoms with Gasteiger partial charge in [0.25, 0.3) is 0 Å². The van der Waals surface area contributed by atoms with Gasteiger partial charge in [-0.2, -0.15) is 0 Å². The van der Waals surface area contributed by atoms with Crippen molar-refractivity contribution in [2.45, 2.75) is 33.1 Å². The van der Waals surface area contributed by atoms with E-state index >= 15 is 0 Å². The summed E-state index contributed by atoms with van der Waals surface area (Å²) in [6.07, 6.45) is 2.96. The zero-order valence-corrected chi connectivity index (χ0v) is 11.3. The lowest BCUT2D eigenvalue weighted by Crippen LogP contribution is -2.22. The quantitative estimate of drug-likeness (QED) is 0.743. The second-order valence-corrected chi connectivity index (χ2v) is 4.79. The molecule has 16 heavy (non-hydrogen) atoms. The third-order valence-electron chi connectivity index (χ3n) is 2.60. The first kappa shape index (κ1) is 13.2. The van der Waals surface area contributed by atoms with Crippen molar-refractivity contribution in [2.24, 2.45) is 5.92 Å². The van der Waals surface area contributed by atoms with Crippen molar-refractivity contribution < 1.29 is 0 Å². The molecule has 0 aromatic carbocycles. The molecule has 0 unspecified atom stereocenters. The van der Waals surface area contributed by atoms with E-state index in [9.17, 15) is 0 Å². The molecule has 0 N–H and O–H groups in total. The highest BCUT2D eigenvalue weighted by Gasteiger charge is 2.07. The zero-order chi connectivity index (χ0) is 12.1. The molecule has 1 rings (SSSR count). The molecule has 0 aliphatic rings. The summed E-state index contributed by atoms with van der Waals surface area (Å²) in [4.78, 5) is 10.9. The Kier molecular flexibility index (Phi) is 5.00. The van der Waals surface area contributed by atoms with Gasteiger partial charge in [0.15, 0.2) is 0 Å². The van der Waals surface area contributed by atoms with Gasteiger partial charge in [-0.3, -0.25) is 0 Å². The van der Waals surface area contributed by atoms with Gasteiger partial charge < -0.3 is 4.90 Å². The van der Waals surface area contributed by atoms with Gasteiger partial charge in [0.05, 0.1) is 5.88 Å². The summed E-state index contributed by atoms with van der Waals surface area (Å²) in [5.41, 5.74) is 1.97. The highest BCUT2D eigenvalue weighted by Crippen LogP contribution is 2.13. The summed E-state index contributed by atoms with van der Waals surface area (Å²) in [7, 11) is 2.03. The second kappa shape index (κ2) is 6.04. The van der Waals surface area contributed by atoms with Crippen LogP contribution in [0.5, 0.6) is 0 Å². The first-order chi connectivity index (χ1) is 7.54. The Morgan fingerprint density at radius 2 is 2.12 bits per heavy atom. The standard InChI is InChI=1S/C12H20ClN3/c1-9(2)5-6-16(4)12-14-8-11(7-13)10(3)15-12/h8-9H,5-7H2,1-4H3. The van der Waals surface area contributed by atoms with Gasteiger partial charge >= 0.3 is 0 Å². The molecule has 1 aromatic heterocycles. The predicted octanol–water partition coefficient (Wildman–Crippen LogP) is 3.01. The van der Waals surface area contributed by atoms with Crippen LogP contribution in [-0.4, -0.2) is 23.6 Å². The molecule has 90 valence electrons. The lowest BCUT2D eigenvalue weighted by atomic mass is 10.1. The number of hydrogen-bond acceptors (Lipinski definition) is 3. The Morgan fingerprint density at radius 3 is 2.62 bits per heavy atom. The fourth-order valence-electron chi connectivity index (χ4n) is 1.35. The van der Waals surface area contributed by atoms with Crippen LogP contribution in [-0.2, 0) is 5.88 Å². The smallest absolute Gasteiger partial charge is 0.225 e. The van der Waals surface area contributed by atoms with Crippen LogP contribution in [0.3, 0.4) is 0 Å². The fraction of sp³-hybridized carbons (Fsp3) is 0.667. The molecule has 0 saturated carbocycles. The number of nitrogens with zero attached hydrogens (tertiary/aromatic N) is 3. The van der Waals surface area contributed by atoms with E-state index in [1.54, 1.807) is 0 Å². The van der Waals surface area contributed by atoms with Crippen LogP contribution in [0.4, 0.5) is 5.95 Å². The normalized spacial score (nSPS) is 10.9. The van der Waals surface area contributed by atoms with Crippen molar-refractivity contribution in [2.75, 3.05) is 18.5 Å². The largest absolute Gasteiger partial charge is 0.344 e. The van der Waals surface area contributed by atoms with E-state index in [1.807, 2.05) is 20.2 Å². The minimum atomic E-state index is 0.474. The van der Waals surface area contributed by atoms with Gasteiger partial charge in [-0.1, -0.05) is 13.8 Å². The van der Waals surface area contributed by atoms with Crippen LogP contribution < -0.4 is 4.90 Å².